The number of carbonyl (C=O) groups excluding carboxylic acids is 2. The third-order valence-corrected chi connectivity index (χ3v) is 6.04. The van der Waals surface area contributed by atoms with Gasteiger partial charge in [-0.2, -0.15) is 0 Å². The Morgan fingerprint density at radius 1 is 1.09 bits per heavy atom. The molecule has 0 radical (unpaired) electrons. The molecule has 2 amide bonds. The summed E-state index contributed by atoms with van der Waals surface area (Å²) in [4.78, 5) is 27.6. The molecule has 2 fully saturated rings. The standard InChI is InChI=1S/C25H30N2O5/c1-17(28)26(2)14-15-31-22-11-8-20(16-24(22)30-3)27-13-12-23(25(27)29)32-21-9-6-19(7-10-21)18-4-5-18/h6-11,16,18,23H,4-5,12-15H2,1-3H3. The third-order valence-electron chi connectivity index (χ3n) is 6.04. The van der Waals surface area contributed by atoms with Crippen molar-refractivity contribution in [2.45, 2.75) is 38.2 Å². The van der Waals surface area contributed by atoms with E-state index in [1.807, 2.05) is 18.2 Å². The van der Waals surface area contributed by atoms with Crippen LogP contribution in [0.2, 0.25) is 0 Å². The number of likely N-dealkylation sites (N-methyl/N-ethyl adjacent to an activating group) is 1. The fraction of sp³-hybridized carbons (Fsp3) is 0.440. The molecule has 170 valence electrons. The Hall–Kier alpha value is -3.22. The fourth-order valence-corrected chi connectivity index (χ4v) is 3.81. The lowest BCUT2D eigenvalue weighted by atomic mass is 10.1. The molecule has 1 aliphatic carbocycles. The van der Waals surface area contributed by atoms with Gasteiger partial charge in [0.2, 0.25) is 5.91 Å². The number of hydrogen-bond donors (Lipinski definition) is 0. The van der Waals surface area contributed by atoms with E-state index in [4.69, 9.17) is 14.2 Å². The van der Waals surface area contributed by atoms with Crippen LogP contribution in [0.5, 0.6) is 17.2 Å². The molecule has 1 heterocycles. The number of amides is 2. The van der Waals surface area contributed by atoms with Gasteiger partial charge < -0.3 is 24.0 Å². The van der Waals surface area contributed by atoms with Crippen LogP contribution in [0, 0.1) is 0 Å². The maximum Gasteiger partial charge on any atom is 0.268 e. The van der Waals surface area contributed by atoms with E-state index in [0.29, 0.717) is 43.5 Å². The molecule has 1 atom stereocenters. The highest BCUT2D eigenvalue weighted by molar-refractivity contribution is 5.99. The third kappa shape index (κ3) is 4.98. The lowest BCUT2D eigenvalue weighted by Crippen LogP contribution is -2.32. The second-order valence-corrected chi connectivity index (χ2v) is 8.35. The van der Waals surface area contributed by atoms with Gasteiger partial charge in [-0.3, -0.25) is 9.59 Å². The van der Waals surface area contributed by atoms with Gasteiger partial charge in [0.25, 0.3) is 5.91 Å². The molecule has 32 heavy (non-hydrogen) atoms. The Balaban J connectivity index is 1.37. The second kappa shape index (κ2) is 9.51. The van der Waals surface area contributed by atoms with Crippen LogP contribution in [0.3, 0.4) is 0 Å². The number of rotatable bonds is 9. The number of ether oxygens (including phenoxy) is 3. The second-order valence-electron chi connectivity index (χ2n) is 8.35. The summed E-state index contributed by atoms with van der Waals surface area (Å²) in [7, 11) is 3.29. The predicted octanol–water partition coefficient (Wildman–Crippen LogP) is 3.61. The molecule has 7 nitrogen and oxygen atoms in total. The molecule has 2 aromatic rings. The van der Waals surface area contributed by atoms with E-state index in [1.165, 1.54) is 25.3 Å². The van der Waals surface area contributed by atoms with Crippen molar-refractivity contribution < 1.29 is 23.8 Å². The lowest BCUT2D eigenvalue weighted by molar-refractivity contribution is -0.127. The van der Waals surface area contributed by atoms with Gasteiger partial charge in [0.1, 0.15) is 12.4 Å². The molecule has 2 aliphatic rings. The first kappa shape index (κ1) is 22.0. The molecule has 1 saturated heterocycles. The number of nitrogens with zero attached hydrogens (tertiary/aromatic N) is 2. The van der Waals surface area contributed by atoms with Crippen LogP contribution < -0.4 is 19.1 Å². The van der Waals surface area contributed by atoms with Crippen LogP contribution in [0.25, 0.3) is 0 Å². The first-order valence-corrected chi connectivity index (χ1v) is 11.1. The number of benzene rings is 2. The summed E-state index contributed by atoms with van der Waals surface area (Å²) < 4.78 is 17.2. The molecule has 1 aliphatic heterocycles. The van der Waals surface area contributed by atoms with Crippen molar-refractivity contribution in [2.75, 3.05) is 38.8 Å². The summed E-state index contributed by atoms with van der Waals surface area (Å²) in [6, 6.07) is 13.6. The summed E-state index contributed by atoms with van der Waals surface area (Å²) in [6.07, 6.45) is 2.66. The highest BCUT2D eigenvalue weighted by Crippen LogP contribution is 2.40. The molecule has 1 unspecified atom stereocenters. The van der Waals surface area contributed by atoms with E-state index < -0.39 is 6.10 Å². The van der Waals surface area contributed by atoms with Gasteiger partial charge in [0.15, 0.2) is 17.6 Å². The molecule has 1 saturated carbocycles. The zero-order valence-electron chi connectivity index (χ0n) is 18.9. The fourth-order valence-electron chi connectivity index (χ4n) is 3.81. The van der Waals surface area contributed by atoms with Gasteiger partial charge in [-0.1, -0.05) is 12.1 Å². The summed E-state index contributed by atoms with van der Waals surface area (Å²) in [5.41, 5.74) is 2.09. The van der Waals surface area contributed by atoms with Crippen LogP contribution in [-0.4, -0.2) is 56.7 Å². The van der Waals surface area contributed by atoms with Gasteiger partial charge >= 0.3 is 0 Å². The van der Waals surface area contributed by atoms with Gasteiger partial charge in [-0.05, 0) is 48.6 Å². The highest BCUT2D eigenvalue weighted by atomic mass is 16.5. The van der Waals surface area contributed by atoms with E-state index in [9.17, 15) is 9.59 Å². The zero-order chi connectivity index (χ0) is 22.7. The minimum absolute atomic E-state index is 0.0147. The molecule has 0 spiro atoms. The van der Waals surface area contributed by atoms with Gasteiger partial charge in [0.05, 0.1) is 13.7 Å². The molecule has 2 aromatic carbocycles. The average molecular weight is 439 g/mol. The number of hydrogen-bond acceptors (Lipinski definition) is 5. The van der Waals surface area contributed by atoms with Crippen LogP contribution in [-0.2, 0) is 9.59 Å². The molecule has 4 rings (SSSR count). The minimum atomic E-state index is -0.495. The normalized spacial score (nSPS) is 17.9. The molecular formula is C25H30N2O5. The first-order chi connectivity index (χ1) is 15.5. The Morgan fingerprint density at radius 3 is 2.50 bits per heavy atom. The summed E-state index contributed by atoms with van der Waals surface area (Å²) in [6.45, 7) is 2.93. The maximum atomic E-state index is 13.0. The lowest BCUT2D eigenvalue weighted by Gasteiger charge is -2.20. The van der Waals surface area contributed by atoms with E-state index in [0.717, 1.165) is 11.4 Å². The van der Waals surface area contributed by atoms with E-state index >= 15 is 0 Å². The molecule has 0 N–H and O–H groups in total. The smallest absolute Gasteiger partial charge is 0.268 e. The molecule has 7 heteroatoms. The van der Waals surface area contributed by atoms with Crippen LogP contribution in [0.4, 0.5) is 5.69 Å². The van der Waals surface area contributed by atoms with Crippen molar-refractivity contribution in [3.05, 3.63) is 48.0 Å². The van der Waals surface area contributed by atoms with Crippen LogP contribution in [0.15, 0.2) is 42.5 Å². The van der Waals surface area contributed by atoms with Crippen LogP contribution in [0.1, 0.15) is 37.7 Å². The Labute approximate surface area is 188 Å². The largest absolute Gasteiger partial charge is 0.493 e. The van der Waals surface area contributed by atoms with Gasteiger partial charge in [-0.15, -0.1) is 0 Å². The average Bonchev–Trinajstić information content (AvgIpc) is 3.58. The van der Waals surface area contributed by atoms with E-state index in [1.54, 1.807) is 36.1 Å². The Bertz CT molecular complexity index is 971. The molecular weight excluding hydrogens is 408 g/mol. The predicted molar refractivity (Wildman–Crippen MR) is 122 cm³/mol. The number of carbonyl (C=O) groups is 2. The number of methoxy groups -OCH3 is 1. The summed E-state index contributed by atoms with van der Waals surface area (Å²) >= 11 is 0. The molecule has 0 bridgehead atoms. The SMILES string of the molecule is COc1cc(N2CCC(Oc3ccc(C4CC4)cc3)C2=O)ccc1OCCN(C)C(C)=O. The van der Waals surface area contributed by atoms with Crippen molar-refractivity contribution in [3.8, 4) is 17.2 Å². The van der Waals surface area contributed by atoms with Gasteiger partial charge in [0, 0.05) is 38.7 Å². The first-order valence-electron chi connectivity index (χ1n) is 11.1. The van der Waals surface area contributed by atoms with Crippen molar-refractivity contribution in [2.24, 2.45) is 0 Å². The van der Waals surface area contributed by atoms with Gasteiger partial charge in [-0.25, -0.2) is 0 Å². The van der Waals surface area contributed by atoms with E-state index in [2.05, 4.69) is 12.1 Å². The Kier molecular flexibility index (Phi) is 6.53. The van der Waals surface area contributed by atoms with E-state index in [-0.39, 0.29) is 11.8 Å². The summed E-state index contributed by atoms with van der Waals surface area (Å²) in [5.74, 6) is 2.47. The maximum absolute atomic E-state index is 13.0. The monoisotopic (exact) mass is 438 g/mol. The number of anilines is 1. The zero-order valence-corrected chi connectivity index (χ0v) is 18.9. The quantitative estimate of drug-likeness (QED) is 0.598. The van der Waals surface area contributed by atoms with Crippen molar-refractivity contribution >= 4 is 17.5 Å². The highest BCUT2D eigenvalue weighted by Gasteiger charge is 2.35. The van der Waals surface area contributed by atoms with Crippen molar-refractivity contribution in [1.29, 1.82) is 0 Å². The molecule has 0 aromatic heterocycles. The Morgan fingerprint density at radius 2 is 1.84 bits per heavy atom. The van der Waals surface area contributed by atoms with Crippen LogP contribution >= 0.6 is 0 Å². The minimum Gasteiger partial charge on any atom is -0.493 e. The van der Waals surface area contributed by atoms with Crippen molar-refractivity contribution in [1.82, 2.24) is 4.90 Å². The summed E-state index contributed by atoms with van der Waals surface area (Å²) in [5, 5.41) is 0. The van der Waals surface area contributed by atoms with Crippen molar-refractivity contribution in [3.63, 3.8) is 0 Å². The topological polar surface area (TPSA) is 68.3 Å².